The number of aliphatic carboxylic acids is 1. The van der Waals surface area contributed by atoms with Gasteiger partial charge in [-0.3, -0.25) is 9.59 Å². The Labute approximate surface area is 206 Å². The van der Waals surface area contributed by atoms with Crippen LogP contribution in [0.2, 0.25) is 0 Å². The van der Waals surface area contributed by atoms with E-state index in [0.717, 1.165) is 25.3 Å². The highest BCUT2D eigenvalue weighted by Crippen LogP contribution is 2.48. The van der Waals surface area contributed by atoms with Gasteiger partial charge in [0.05, 0.1) is 32.9 Å². The van der Waals surface area contributed by atoms with Crippen LogP contribution in [0.4, 0.5) is 0 Å². The van der Waals surface area contributed by atoms with Crippen LogP contribution < -0.4 is 24.7 Å². The van der Waals surface area contributed by atoms with Gasteiger partial charge < -0.3 is 34.7 Å². The lowest BCUT2D eigenvalue weighted by Crippen LogP contribution is -2.35. The third-order valence-electron chi connectivity index (χ3n) is 5.32. The molecule has 1 amide bonds. The van der Waals surface area contributed by atoms with Gasteiger partial charge in [-0.2, -0.15) is 0 Å². The Morgan fingerprint density at radius 2 is 1.66 bits per heavy atom. The van der Waals surface area contributed by atoms with E-state index in [1.165, 1.54) is 21.3 Å². The summed E-state index contributed by atoms with van der Waals surface area (Å²) in [6.45, 7) is 4.27. The van der Waals surface area contributed by atoms with E-state index in [-0.39, 0.29) is 11.9 Å². The van der Waals surface area contributed by atoms with E-state index in [9.17, 15) is 4.79 Å². The third kappa shape index (κ3) is 6.89. The summed E-state index contributed by atoms with van der Waals surface area (Å²) in [4.78, 5) is 24.2. The standard InChI is InChI=1S/C24H30N2O5.C2H4O2/c1-5-17-7-6-14-26(17)24(27)19-15-20(22(29-3)23(30-4)21(19)28-2)31-18-10-8-16(9-11-18)12-13-25;1-2(3)4/h6-11,15,17H,5,12-14,25H2,1-4H3;1H3,(H,3,4). The molecule has 1 aliphatic heterocycles. The van der Waals surface area contributed by atoms with Gasteiger partial charge in [-0.1, -0.05) is 31.2 Å². The zero-order valence-electron chi connectivity index (χ0n) is 20.9. The first-order chi connectivity index (χ1) is 16.8. The summed E-state index contributed by atoms with van der Waals surface area (Å²) in [5.41, 5.74) is 7.10. The van der Waals surface area contributed by atoms with E-state index >= 15 is 0 Å². The first kappa shape index (κ1) is 27.5. The molecule has 3 rings (SSSR count). The van der Waals surface area contributed by atoms with E-state index in [4.69, 9.17) is 34.6 Å². The van der Waals surface area contributed by atoms with Gasteiger partial charge in [0.25, 0.3) is 11.9 Å². The smallest absolute Gasteiger partial charge is 0.300 e. The van der Waals surface area contributed by atoms with Crippen molar-refractivity contribution in [1.29, 1.82) is 0 Å². The largest absolute Gasteiger partial charge is 0.492 e. The summed E-state index contributed by atoms with van der Waals surface area (Å²) >= 11 is 0. The molecule has 0 aliphatic carbocycles. The van der Waals surface area contributed by atoms with E-state index in [0.29, 0.717) is 47.4 Å². The molecule has 0 saturated carbocycles. The molecular weight excluding hydrogens is 452 g/mol. The van der Waals surface area contributed by atoms with Gasteiger partial charge in [0.1, 0.15) is 5.75 Å². The number of nitrogens with zero attached hydrogens (tertiary/aromatic N) is 1. The average Bonchev–Trinajstić information content (AvgIpc) is 3.32. The molecule has 2 aromatic rings. The molecular formula is C26H34N2O7. The highest BCUT2D eigenvalue weighted by atomic mass is 16.5. The average molecular weight is 487 g/mol. The highest BCUT2D eigenvalue weighted by Gasteiger charge is 2.31. The minimum atomic E-state index is -0.833. The molecule has 1 heterocycles. The molecule has 3 N–H and O–H groups in total. The van der Waals surface area contributed by atoms with Gasteiger partial charge in [-0.05, 0) is 37.1 Å². The number of carbonyl (C=O) groups excluding carboxylic acids is 1. The Morgan fingerprint density at radius 1 is 1.06 bits per heavy atom. The molecule has 0 bridgehead atoms. The lowest BCUT2D eigenvalue weighted by molar-refractivity contribution is -0.134. The van der Waals surface area contributed by atoms with Crippen LogP contribution in [0.25, 0.3) is 0 Å². The highest BCUT2D eigenvalue weighted by molar-refractivity contribution is 5.99. The van der Waals surface area contributed by atoms with Crippen LogP contribution in [-0.2, 0) is 11.2 Å². The fourth-order valence-corrected chi connectivity index (χ4v) is 3.75. The molecule has 0 radical (unpaired) electrons. The molecule has 1 atom stereocenters. The molecule has 1 unspecified atom stereocenters. The van der Waals surface area contributed by atoms with Gasteiger partial charge >= 0.3 is 0 Å². The van der Waals surface area contributed by atoms with Crippen molar-refractivity contribution in [3.05, 3.63) is 53.6 Å². The summed E-state index contributed by atoms with van der Waals surface area (Å²) in [5.74, 6) is 0.975. The Balaban J connectivity index is 0.00000100. The lowest BCUT2D eigenvalue weighted by atomic mass is 10.1. The predicted octanol–water partition coefficient (Wildman–Crippen LogP) is 3.89. The number of carbonyl (C=O) groups is 2. The molecule has 0 spiro atoms. The second kappa shape index (κ2) is 13.2. The van der Waals surface area contributed by atoms with E-state index in [1.807, 2.05) is 36.4 Å². The lowest BCUT2D eigenvalue weighted by Gasteiger charge is -2.26. The summed E-state index contributed by atoms with van der Waals surface area (Å²) in [5, 5.41) is 7.42. The Kier molecular flexibility index (Phi) is 10.4. The van der Waals surface area contributed by atoms with Crippen molar-refractivity contribution in [2.45, 2.75) is 32.7 Å². The normalized spacial score (nSPS) is 14.1. The number of benzene rings is 2. The van der Waals surface area contributed by atoms with E-state index in [1.54, 1.807) is 11.0 Å². The Bertz CT molecular complexity index is 1030. The van der Waals surface area contributed by atoms with Gasteiger partial charge in [0.2, 0.25) is 11.5 Å². The summed E-state index contributed by atoms with van der Waals surface area (Å²) in [6, 6.07) is 9.35. The second-order valence-electron chi connectivity index (χ2n) is 7.69. The topological polar surface area (TPSA) is 121 Å². The number of methoxy groups -OCH3 is 3. The van der Waals surface area contributed by atoms with Crippen LogP contribution in [0, 0.1) is 0 Å². The van der Waals surface area contributed by atoms with Crippen molar-refractivity contribution in [2.24, 2.45) is 5.73 Å². The molecule has 1 aliphatic rings. The Hall–Kier alpha value is -3.72. The van der Waals surface area contributed by atoms with Crippen LogP contribution in [0.5, 0.6) is 28.7 Å². The minimum absolute atomic E-state index is 0.0461. The van der Waals surface area contributed by atoms with Crippen molar-refractivity contribution < 1.29 is 33.6 Å². The van der Waals surface area contributed by atoms with Crippen molar-refractivity contribution in [1.82, 2.24) is 4.90 Å². The molecule has 9 heteroatoms. The van der Waals surface area contributed by atoms with Crippen molar-refractivity contribution in [2.75, 3.05) is 34.4 Å². The first-order valence-corrected chi connectivity index (χ1v) is 11.3. The first-order valence-electron chi connectivity index (χ1n) is 11.3. The maximum Gasteiger partial charge on any atom is 0.300 e. The fraction of sp³-hybridized carbons (Fsp3) is 0.385. The monoisotopic (exact) mass is 486 g/mol. The summed E-state index contributed by atoms with van der Waals surface area (Å²) < 4.78 is 22.8. The molecule has 0 saturated heterocycles. The molecule has 2 aromatic carbocycles. The zero-order chi connectivity index (χ0) is 26.0. The molecule has 0 fully saturated rings. The molecule has 190 valence electrons. The fourth-order valence-electron chi connectivity index (χ4n) is 3.75. The number of carboxylic acid groups (broad SMARTS) is 1. The van der Waals surface area contributed by atoms with E-state index in [2.05, 4.69) is 6.92 Å². The summed E-state index contributed by atoms with van der Waals surface area (Å²) in [6.07, 6.45) is 5.67. The van der Waals surface area contributed by atoms with E-state index < -0.39 is 5.97 Å². The van der Waals surface area contributed by atoms with Gasteiger partial charge in [0.15, 0.2) is 11.5 Å². The number of carboxylic acids is 1. The van der Waals surface area contributed by atoms with Crippen LogP contribution in [-0.4, -0.2) is 62.3 Å². The maximum absolute atomic E-state index is 13.4. The molecule has 35 heavy (non-hydrogen) atoms. The number of hydrogen-bond donors (Lipinski definition) is 2. The van der Waals surface area contributed by atoms with Crippen molar-refractivity contribution in [3.63, 3.8) is 0 Å². The van der Waals surface area contributed by atoms with Crippen LogP contribution in [0.3, 0.4) is 0 Å². The third-order valence-corrected chi connectivity index (χ3v) is 5.32. The van der Waals surface area contributed by atoms with Crippen LogP contribution in [0.15, 0.2) is 42.5 Å². The predicted molar refractivity (Wildman–Crippen MR) is 133 cm³/mol. The number of amides is 1. The Morgan fingerprint density at radius 3 is 2.17 bits per heavy atom. The van der Waals surface area contributed by atoms with Crippen molar-refractivity contribution >= 4 is 11.9 Å². The van der Waals surface area contributed by atoms with Gasteiger partial charge in [-0.15, -0.1) is 0 Å². The van der Waals surface area contributed by atoms with Crippen LogP contribution in [0.1, 0.15) is 36.2 Å². The molecule has 9 nitrogen and oxygen atoms in total. The SMILES string of the molecule is CC(=O)O.CCC1C=CCN1C(=O)c1cc(Oc2ccc(CCN)cc2)c(OC)c(OC)c1OC. The zero-order valence-corrected chi connectivity index (χ0v) is 20.9. The number of hydrogen-bond acceptors (Lipinski definition) is 7. The summed E-state index contributed by atoms with van der Waals surface area (Å²) in [7, 11) is 4.53. The second-order valence-corrected chi connectivity index (χ2v) is 7.69. The maximum atomic E-state index is 13.4. The minimum Gasteiger partial charge on any atom is -0.492 e. The van der Waals surface area contributed by atoms with Crippen LogP contribution >= 0.6 is 0 Å². The van der Waals surface area contributed by atoms with Gasteiger partial charge in [0, 0.05) is 19.5 Å². The molecule has 0 aromatic heterocycles. The van der Waals surface area contributed by atoms with Crippen molar-refractivity contribution in [3.8, 4) is 28.7 Å². The van der Waals surface area contributed by atoms with Gasteiger partial charge in [-0.25, -0.2) is 0 Å². The number of nitrogens with two attached hydrogens (primary N) is 1. The quantitative estimate of drug-likeness (QED) is 0.512. The number of ether oxygens (including phenoxy) is 4. The number of rotatable bonds is 9.